The number of likely N-dealkylation sites (N-methyl/N-ethyl adjacent to an activating group) is 1. The monoisotopic (exact) mass is 517 g/mol. The van der Waals surface area contributed by atoms with E-state index in [-0.39, 0.29) is 22.4 Å². The third-order valence-corrected chi connectivity index (χ3v) is 8.70. The van der Waals surface area contributed by atoms with Gasteiger partial charge in [-0.2, -0.15) is 15.8 Å². The second-order valence-electron chi connectivity index (χ2n) is 8.65. The summed E-state index contributed by atoms with van der Waals surface area (Å²) >= 11 is 3.38. The number of hydrogen-bond donors (Lipinski definition) is 0. The molecule has 0 bridgehead atoms. The highest BCUT2D eigenvalue weighted by molar-refractivity contribution is 7.29. The molecule has 0 saturated carbocycles. The number of fused-ring (bicyclic) bond motifs is 3. The number of thiophene rings is 2. The summed E-state index contributed by atoms with van der Waals surface area (Å²) < 4.78 is 2.37. The van der Waals surface area contributed by atoms with Crippen LogP contribution in [0.4, 0.5) is 5.69 Å². The molecule has 0 atom stereocenters. The van der Waals surface area contributed by atoms with Crippen LogP contribution in [0.2, 0.25) is 0 Å². The van der Waals surface area contributed by atoms with Gasteiger partial charge in [0.25, 0.3) is 5.91 Å². The quantitative estimate of drug-likeness (QED) is 0.290. The second kappa shape index (κ2) is 9.41. The van der Waals surface area contributed by atoms with Crippen LogP contribution in [0, 0.1) is 34.0 Å². The Hall–Kier alpha value is -4.68. The SMILES string of the molecule is CN1C(=O)C(/C=C/c2cc3ccc4cc(-c5ccc(N(C)C)cc5)sc4c3s2)=C(C#N)C1=C(C#N)C#N. The van der Waals surface area contributed by atoms with Crippen molar-refractivity contribution in [1.29, 1.82) is 15.8 Å². The first kappa shape index (κ1) is 24.0. The zero-order valence-electron chi connectivity index (χ0n) is 20.2. The highest BCUT2D eigenvalue weighted by Gasteiger charge is 2.34. The van der Waals surface area contributed by atoms with Crippen LogP contribution in [0.5, 0.6) is 0 Å². The highest BCUT2D eigenvalue weighted by atomic mass is 32.1. The number of amides is 1. The molecule has 0 fully saturated rings. The molecule has 1 amide bonds. The van der Waals surface area contributed by atoms with Crippen molar-refractivity contribution in [3.8, 4) is 28.6 Å². The van der Waals surface area contributed by atoms with Crippen molar-refractivity contribution < 1.29 is 4.79 Å². The Kier molecular flexibility index (Phi) is 6.11. The number of carbonyl (C=O) groups is 1. The standard InChI is InChI=1S/C29H19N5OS2/c1-33(2)21-8-6-17(7-9-21)25-13-19-5-4-18-12-22(36-27(18)28(19)37-25)10-11-23-24(16-32)26(20(14-30)15-31)34(3)29(23)35/h4-13H,1-3H3/b11-10+. The van der Waals surface area contributed by atoms with E-state index in [9.17, 15) is 20.6 Å². The molecule has 37 heavy (non-hydrogen) atoms. The molecule has 178 valence electrons. The summed E-state index contributed by atoms with van der Waals surface area (Å²) in [5.74, 6) is -0.419. The number of nitriles is 3. The number of anilines is 1. The Balaban J connectivity index is 1.54. The molecule has 5 rings (SSSR count). The fourth-order valence-electron chi connectivity index (χ4n) is 4.30. The first-order valence-electron chi connectivity index (χ1n) is 11.3. The summed E-state index contributed by atoms with van der Waals surface area (Å²) in [6.45, 7) is 0. The van der Waals surface area contributed by atoms with Crippen molar-refractivity contribution >= 4 is 60.5 Å². The van der Waals surface area contributed by atoms with Crippen LogP contribution in [-0.4, -0.2) is 32.0 Å². The molecule has 0 N–H and O–H groups in total. The predicted molar refractivity (Wildman–Crippen MR) is 150 cm³/mol. The minimum absolute atomic E-state index is 0.0357. The van der Waals surface area contributed by atoms with E-state index in [1.54, 1.807) is 40.9 Å². The Labute approximate surface area is 222 Å². The summed E-state index contributed by atoms with van der Waals surface area (Å²) in [5, 5.41) is 30.5. The lowest BCUT2D eigenvalue weighted by atomic mass is 10.1. The number of rotatable bonds is 4. The molecule has 6 nitrogen and oxygen atoms in total. The Bertz CT molecular complexity index is 1800. The van der Waals surface area contributed by atoms with Gasteiger partial charge in [-0.25, -0.2) is 0 Å². The third-order valence-electron chi connectivity index (χ3n) is 6.22. The maximum Gasteiger partial charge on any atom is 0.259 e. The molecule has 0 saturated heterocycles. The molecule has 0 radical (unpaired) electrons. The zero-order valence-corrected chi connectivity index (χ0v) is 21.9. The molecule has 0 spiro atoms. The Morgan fingerprint density at radius 1 is 0.919 bits per heavy atom. The number of hydrogen-bond acceptors (Lipinski definition) is 7. The van der Waals surface area contributed by atoms with Gasteiger partial charge in [-0.1, -0.05) is 24.3 Å². The lowest BCUT2D eigenvalue weighted by Crippen LogP contribution is -2.21. The van der Waals surface area contributed by atoms with E-state index in [0.29, 0.717) is 0 Å². The van der Waals surface area contributed by atoms with Crippen molar-refractivity contribution in [2.75, 3.05) is 26.0 Å². The average molecular weight is 518 g/mol. The first-order chi connectivity index (χ1) is 17.9. The van der Waals surface area contributed by atoms with Crippen molar-refractivity contribution in [3.05, 3.63) is 81.9 Å². The van der Waals surface area contributed by atoms with Gasteiger partial charge in [0.05, 0.1) is 26.2 Å². The summed E-state index contributed by atoms with van der Waals surface area (Å²) in [6.07, 6.45) is 3.41. The molecule has 2 aromatic carbocycles. The molecule has 1 aliphatic rings. The van der Waals surface area contributed by atoms with Crippen molar-refractivity contribution in [3.63, 3.8) is 0 Å². The van der Waals surface area contributed by atoms with Gasteiger partial charge in [0, 0.05) is 36.6 Å². The normalized spacial score (nSPS) is 13.5. The van der Waals surface area contributed by atoms with Crippen LogP contribution in [0.15, 0.2) is 77.0 Å². The van der Waals surface area contributed by atoms with Gasteiger partial charge in [-0.15, -0.1) is 22.7 Å². The van der Waals surface area contributed by atoms with E-state index in [1.807, 2.05) is 26.2 Å². The second-order valence-corrected chi connectivity index (χ2v) is 10.8. The van der Waals surface area contributed by atoms with E-state index < -0.39 is 5.91 Å². The topological polar surface area (TPSA) is 94.9 Å². The third kappa shape index (κ3) is 4.07. The maximum absolute atomic E-state index is 12.8. The minimum Gasteiger partial charge on any atom is -0.378 e. The van der Waals surface area contributed by atoms with E-state index in [2.05, 4.69) is 53.4 Å². The van der Waals surface area contributed by atoms with Crippen LogP contribution in [0.25, 0.3) is 36.7 Å². The van der Waals surface area contributed by atoms with Crippen LogP contribution >= 0.6 is 22.7 Å². The lowest BCUT2D eigenvalue weighted by Gasteiger charge is -2.12. The highest BCUT2D eigenvalue weighted by Crippen LogP contribution is 2.41. The van der Waals surface area contributed by atoms with Gasteiger partial charge in [-0.3, -0.25) is 4.79 Å². The first-order valence-corrected chi connectivity index (χ1v) is 12.9. The number of carbonyl (C=O) groups excluding carboxylic acids is 1. The van der Waals surface area contributed by atoms with Gasteiger partial charge in [-0.05, 0) is 52.8 Å². The van der Waals surface area contributed by atoms with Crippen molar-refractivity contribution in [2.45, 2.75) is 0 Å². The number of benzene rings is 2. The van der Waals surface area contributed by atoms with Crippen molar-refractivity contribution in [1.82, 2.24) is 4.90 Å². The van der Waals surface area contributed by atoms with E-state index in [0.717, 1.165) is 16.0 Å². The molecule has 1 aliphatic heterocycles. The summed E-state index contributed by atoms with van der Waals surface area (Å²) in [7, 11) is 5.51. The molecule has 0 aliphatic carbocycles. The number of nitrogens with zero attached hydrogens (tertiary/aromatic N) is 5. The molecule has 4 aromatic rings. The maximum atomic E-state index is 12.8. The largest absolute Gasteiger partial charge is 0.378 e. The molecule has 0 unspecified atom stereocenters. The summed E-state index contributed by atoms with van der Waals surface area (Å²) in [6, 6.07) is 22.6. The zero-order chi connectivity index (χ0) is 26.3. The summed E-state index contributed by atoms with van der Waals surface area (Å²) in [5.41, 5.74) is 2.33. The van der Waals surface area contributed by atoms with Crippen molar-refractivity contribution in [2.24, 2.45) is 0 Å². The molecule has 3 heterocycles. The minimum atomic E-state index is -0.419. The summed E-state index contributed by atoms with van der Waals surface area (Å²) in [4.78, 5) is 18.2. The van der Waals surface area contributed by atoms with Crippen LogP contribution in [0.3, 0.4) is 0 Å². The van der Waals surface area contributed by atoms with E-state index >= 15 is 0 Å². The van der Waals surface area contributed by atoms with E-state index in [4.69, 9.17) is 0 Å². The lowest BCUT2D eigenvalue weighted by molar-refractivity contribution is -0.122. The average Bonchev–Trinajstić information content (AvgIpc) is 3.58. The van der Waals surface area contributed by atoms with Crippen LogP contribution in [-0.2, 0) is 4.79 Å². The number of allylic oxidation sites excluding steroid dienone is 2. The molecular weight excluding hydrogens is 498 g/mol. The molecular formula is C29H19N5OS2. The Morgan fingerprint density at radius 2 is 1.57 bits per heavy atom. The van der Waals surface area contributed by atoms with Crippen LogP contribution in [0.1, 0.15) is 4.88 Å². The van der Waals surface area contributed by atoms with Gasteiger partial charge < -0.3 is 9.80 Å². The molecule has 8 heteroatoms. The van der Waals surface area contributed by atoms with Crippen LogP contribution < -0.4 is 4.90 Å². The predicted octanol–water partition coefficient (Wildman–Crippen LogP) is 6.46. The Morgan fingerprint density at radius 3 is 2.19 bits per heavy atom. The smallest absolute Gasteiger partial charge is 0.259 e. The van der Waals surface area contributed by atoms with Gasteiger partial charge >= 0.3 is 0 Å². The van der Waals surface area contributed by atoms with Gasteiger partial charge in [0.2, 0.25) is 0 Å². The molecule has 2 aromatic heterocycles. The fourth-order valence-corrected chi connectivity index (χ4v) is 6.68. The van der Waals surface area contributed by atoms with E-state index in [1.165, 1.54) is 37.2 Å². The fraction of sp³-hybridized carbons (Fsp3) is 0.103. The van der Waals surface area contributed by atoms with Gasteiger partial charge in [0.15, 0.2) is 5.57 Å². The van der Waals surface area contributed by atoms with Gasteiger partial charge in [0.1, 0.15) is 18.2 Å².